The zero-order chi connectivity index (χ0) is 18.3. The Balaban J connectivity index is 3.28. The second-order valence-corrected chi connectivity index (χ2v) is 5.89. The molecule has 1 atom stereocenters. The minimum absolute atomic E-state index is 0.136. The van der Waals surface area contributed by atoms with Crippen LogP contribution >= 0.6 is 0 Å². The van der Waals surface area contributed by atoms with Crippen molar-refractivity contribution in [3.63, 3.8) is 0 Å². The summed E-state index contributed by atoms with van der Waals surface area (Å²) in [6.45, 7) is 4.18. The lowest BCUT2D eigenvalue weighted by Crippen LogP contribution is -2.45. The Morgan fingerprint density at radius 3 is 2.33 bits per heavy atom. The van der Waals surface area contributed by atoms with Crippen molar-refractivity contribution in [2.45, 2.75) is 20.3 Å². The summed E-state index contributed by atoms with van der Waals surface area (Å²) in [5.41, 5.74) is 0.749. The lowest BCUT2D eigenvalue weighted by atomic mass is 9.95. The molecule has 0 spiro atoms. The van der Waals surface area contributed by atoms with Gasteiger partial charge in [-0.2, -0.15) is 0 Å². The second kappa shape index (κ2) is 9.17. The average molecular weight is 333 g/mol. The lowest BCUT2D eigenvalue weighted by molar-refractivity contribution is -0.128. The monoisotopic (exact) mass is 333 g/mol. The van der Waals surface area contributed by atoms with Gasteiger partial charge in [0.05, 0.1) is 12.8 Å². The predicted molar refractivity (Wildman–Crippen MR) is 96.1 cm³/mol. The number of benzene rings is 1. The number of amides is 1. The highest BCUT2D eigenvalue weighted by Crippen LogP contribution is 2.29. The first-order valence-electron chi connectivity index (χ1n) is 8.00. The lowest BCUT2D eigenvalue weighted by Gasteiger charge is -2.29. The number of carbonyl (C=O) groups is 2. The van der Waals surface area contributed by atoms with E-state index in [9.17, 15) is 9.59 Å². The van der Waals surface area contributed by atoms with Crippen molar-refractivity contribution < 1.29 is 14.3 Å². The van der Waals surface area contributed by atoms with Crippen molar-refractivity contribution in [1.29, 1.82) is 5.41 Å². The van der Waals surface area contributed by atoms with Gasteiger partial charge in [-0.1, -0.05) is 19.1 Å². The van der Waals surface area contributed by atoms with Crippen LogP contribution in [-0.4, -0.2) is 56.6 Å². The molecule has 6 heteroatoms. The van der Waals surface area contributed by atoms with Gasteiger partial charge in [-0.15, -0.1) is 0 Å². The van der Waals surface area contributed by atoms with E-state index >= 15 is 0 Å². The van der Waals surface area contributed by atoms with Crippen molar-refractivity contribution in [1.82, 2.24) is 4.90 Å². The fourth-order valence-electron chi connectivity index (χ4n) is 2.43. The molecule has 1 unspecified atom stereocenters. The smallest absolute Gasteiger partial charge is 0.243 e. The molecule has 0 heterocycles. The van der Waals surface area contributed by atoms with Gasteiger partial charge in [0.25, 0.3) is 0 Å². The van der Waals surface area contributed by atoms with Crippen LogP contribution in [-0.2, 0) is 9.59 Å². The number of carbonyl (C=O) groups excluding carboxylic acids is 2. The third kappa shape index (κ3) is 4.89. The van der Waals surface area contributed by atoms with E-state index in [0.29, 0.717) is 30.9 Å². The molecule has 1 N–H and O–H groups in total. The molecule has 1 rings (SSSR count). The zero-order valence-corrected chi connectivity index (χ0v) is 15.1. The maximum Gasteiger partial charge on any atom is 0.243 e. The summed E-state index contributed by atoms with van der Waals surface area (Å²) in [6, 6.07) is 7.22. The molecule has 0 bridgehead atoms. The number of Topliss-reactive ketones (excluding diaryl/α,β-unsaturated/α-hetero) is 1. The van der Waals surface area contributed by atoms with Crippen molar-refractivity contribution in [2.24, 2.45) is 5.92 Å². The van der Waals surface area contributed by atoms with Crippen LogP contribution in [0.1, 0.15) is 20.3 Å². The molecule has 0 aliphatic carbocycles. The number of ether oxygens (including phenoxy) is 1. The minimum Gasteiger partial charge on any atom is -0.495 e. The topological polar surface area (TPSA) is 73.7 Å². The Morgan fingerprint density at radius 1 is 1.21 bits per heavy atom. The van der Waals surface area contributed by atoms with E-state index < -0.39 is 5.92 Å². The fraction of sp³-hybridized carbons (Fsp3) is 0.500. The third-order valence-corrected chi connectivity index (χ3v) is 3.80. The Hall–Kier alpha value is -2.21. The summed E-state index contributed by atoms with van der Waals surface area (Å²) in [6.07, 6.45) is 0.365. The predicted octanol–water partition coefficient (Wildman–Crippen LogP) is 2.22. The fourth-order valence-corrected chi connectivity index (χ4v) is 2.43. The van der Waals surface area contributed by atoms with Gasteiger partial charge in [0.1, 0.15) is 17.5 Å². The maximum atomic E-state index is 13.1. The summed E-state index contributed by atoms with van der Waals surface area (Å²) in [7, 11) is 5.38. The van der Waals surface area contributed by atoms with Gasteiger partial charge in [0.2, 0.25) is 5.91 Å². The van der Waals surface area contributed by atoms with Crippen molar-refractivity contribution in [3.05, 3.63) is 24.3 Å². The number of likely N-dealkylation sites (N-methyl/N-ethyl adjacent to an activating group) is 1. The molecule has 0 aliphatic rings. The number of rotatable bonds is 9. The molecule has 1 aromatic carbocycles. The van der Waals surface area contributed by atoms with Gasteiger partial charge in [-0.05, 0) is 39.6 Å². The van der Waals surface area contributed by atoms with Crippen LogP contribution in [0.5, 0.6) is 5.75 Å². The van der Waals surface area contributed by atoms with Crippen LogP contribution in [0.25, 0.3) is 0 Å². The first-order valence-corrected chi connectivity index (χ1v) is 8.00. The molecular weight excluding hydrogens is 306 g/mol. The molecule has 0 fully saturated rings. The van der Waals surface area contributed by atoms with Crippen LogP contribution in [0.15, 0.2) is 24.3 Å². The summed E-state index contributed by atoms with van der Waals surface area (Å²) < 4.78 is 5.36. The second-order valence-electron chi connectivity index (χ2n) is 5.89. The van der Waals surface area contributed by atoms with Crippen molar-refractivity contribution >= 4 is 23.1 Å². The molecule has 0 saturated carbocycles. The number of para-hydroxylation sites is 2. The number of nitrogens with zero attached hydrogens (tertiary/aromatic N) is 2. The van der Waals surface area contributed by atoms with E-state index in [1.807, 2.05) is 31.1 Å². The van der Waals surface area contributed by atoms with E-state index in [-0.39, 0.29) is 17.4 Å². The van der Waals surface area contributed by atoms with E-state index in [1.54, 1.807) is 31.1 Å². The summed E-state index contributed by atoms with van der Waals surface area (Å²) in [5.74, 6) is -1.16. The molecule has 132 valence electrons. The summed E-state index contributed by atoms with van der Waals surface area (Å²) >= 11 is 0. The van der Waals surface area contributed by atoms with Gasteiger partial charge in [0.15, 0.2) is 0 Å². The number of methoxy groups -OCH3 is 1. The first kappa shape index (κ1) is 19.8. The van der Waals surface area contributed by atoms with Gasteiger partial charge >= 0.3 is 0 Å². The maximum absolute atomic E-state index is 13.1. The molecule has 1 aromatic rings. The highest BCUT2D eigenvalue weighted by Gasteiger charge is 2.32. The molecule has 6 nitrogen and oxygen atoms in total. The van der Waals surface area contributed by atoms with Gasteiger partial charge in [-0.25, -0.2) is 0 Å². The molecule has 24 heavy (non-hydrogen) atoms. The molecule has 0 aromatic heterocycles. The van der Waals surface area contributed by atoms with E-state index in [2.05, 4.69) is 0 Å². The number of hydrogen-bond donors (Lipinski definition) is 1. The average Bonchev–Trinajstić information content (AvgIpc) is 2.54. The summed E-state index contributed by atoms with van der Waals surface area (Å²) in [5, 5.41) is 8.02. The van der Waals surface area contributed by atoms with E-state index in [0.717, 1.165) is 0 Å². The highest BCUT2D eigenvalue weighted by molar-refractivity contribution is 6.22. The zero-order valence-electron chi connectivity index (χ0n) is 15.1. The van der Waals surface area contributed by atoms with Gasteiger partial charge < -0.3 is 19.9 Å². The summed E-state index contributed by atoms with van der Waals surface area (Å²) in [4.78, 5) is 28.6. The number of ketones is 1. The largest absolute Gasteiger partial charge is 0.495 e. The highest BCUT2D eigenvalue weighted by atomic mass is 16.5. The molecule has 0 aliphatic heterocycles. The van der Waals surface area contributed by atoms with Crippen molar-refractivity contribution in [2.75, 3.05) is 39.2 Å². The SMILES string of the molecule is CCC(=N)C(C(C)=O)C(=O)N(CCN(C)C)c1ccccc1OC. The number of anilines is 1. The molecule has 0 saturated heterocycles. The van der Waals surface area contributed by atoms with Crippen LogP contribution < -0.4 is 9.64 Å². The van der Waals surface area contributed by atoms with Crippen LogP contribution in [0.4, 0.5) is 5.69 Å². The van der Waals surface area contributed by atoms with E-state index in [4.69, 9.17) is 10.1 Å². The Bertz CT molecular complexity index is 599. The quantitative estimate of drug-likeness (QED) is 0.555. The minimum atomic E-state index is -1.04. The normalized spacial score (nSPS) is 11.9. The molecular formula is C18H27N3O3. The number of nitrogens with one attached hydrogen (secondary N) is 1. The Kier molecular flexibility index (Phi) is 7.58. The van der Waals surface area contributed by atoms with Gasteiger partial charge in [-0.3, -0.25) is 9.59 Å². The van der Waals surface area contributed by atoms with Crippen LogP contribution in [0, 0.1) is 11.3 Å². The first-order chi connectivity index (χ1) is 11.3. The molecule has 1 amide bonds. The van der Waals surface area contributed by atoms with Crippen LogP contribution in [0.2, 0.25) is 0 Å². The van der Waals surface area contributed by atoms with Crippen LogP contribution in [0.3, 0.4) is 0 Å². The van der Waals surface area contributed by atoms with E-state index in [1.165, 1.54) is 6.92 Å². The van der Waals surface area contributed by atoms with Crippen molar-refractivity contribution in [3.8, 4) is 5.75 Å². The standard InChI is InChI=1S/C18H27N3O3/c1-6-14(19)17(13(2)22)18(23)21(12-11-20(3)4)15-9-7-8-10-16(15)24-5/h7-10,17,19H,6,11-12H2,1-5H3. The number of hydrogen-bond acceptors (Lipinski definition) is 5. The third-order valence-electron chi connectivity index (χ3n) is 3.80. The van der Waals surface area contributed by atoms with Gasteiger partial charge in [0, 0.05) is 18.8 Å². The Morgan fingerprint density at radius 2 is 1.83 bits per heavy atom. The Labute approximate surface area is 143 Å². The molecule has 0 radical (unpaired) electrons.